The molecule has 37 heavy (non-hydrogen) atoms. The van der Waals surface area contributed by atoms with Crippen molar-refractivity contribution in [3.05, 3.63) is 101 Å². The normalized spacial score (nSPS) is 20.0. The number of carbonyl (C=O) groups is 1. The molecule has 1 saturated heterocycles. The van der Waals surface area contributed by atoms with E-state index in [1.54, 1.807) is 43.9 Å². The Balaban J connectivity index is 1.42. The average Bonchev–Trinajstić information content (AvgIpc) is 3.04. The van der Waals surface area contributed by atoms with Gasteiger partial charge in [0.15, 0.2) is 0 Å². The Morgan fingerprint density at radius 3 is 2.81 bits per heavy atom. The fourth-order valence-electron chi connectivity index (χ4n) is 4.33. The van der Waals surface area contributed by atoms with Gasteiger partial charge in [-0.3, -0.25) is 19.9 Å². The van der Waals surface area contributed by atoms with Crippen molar-refractivity contribution in [1.82, 2.24) is 25.6 Å². The number of allylic oxidation sites excluding steroid dienone is 10. The molecular weight excluding hydrogens is 471 g/mol. The van der Waals surface area contributed by atoms with Gasteiger partial charge in [0.1, 0.15) is 11.9 Å². The zero-order valence-corrected chi connectivity index (χ0v) is 21.2. The number of amides is 1. The zero-order valence-electron chi connectivity index (χ0n) is 21.2. The molecule has 1 atom stereocenters. The third kappa shape index (κ3) is 7.12. The van der Waals surface area contributed by atoms with Gasteiger partial charge in [-0.1, -0.05) is 36.0 Å². The first-order chi connectivity index (χ1) is 18.1. The standard InChI is InChI=1S/C28H33FN6O2/c1-30-20-34(31-2)18-25-19-35(28(36)37-25)24-7-4-8-26(27(29)15-24)23-6-3-5-21(9-10-23)16-33-17-22-11-13-32-14-12-22/h3-4,6-7,9-15,20,25,31,33H,5,8,16-19H2,1-2H3/t25-/m0/s1. The molecule has 194 valence electrons. The predicted molar refractivity (Wildman–Crippen MR) is 143 cm³/mol. The van der Waals surface area contributed by atoms with Crippen molar-refractivity contribution in [2.24, 2.45) is 4.99 Å². The van der Waals surface area contributed by atoms with Gasteiger partial charge in [-0.25, -0.2) is 14.6 Å². The van der Waals surface area contributed by atoms with E-state index in [9.17, 15) is 4.79 Å². The van der Waals surface area contributed by atoms with Gasteiger partial charge >= 0.3 is 6.09 Å². The molecule has 1 aliphatic heterocycles. The minimum Gasteiger partial charge on any atom is -0.442 e. The summed E-state index contributed by atoms with van der Waals surface area (Å²) < 4.78 is 20.9. The number of hydrogen-bond acceptors (Lipinski definition) is 6. The summed E-state index contributed by atoms with van der Waals surface area (Å²) in [5, 5.41) is 5.18. The number of nitrogens with one attached hydrogen (secondary N) is 2. The van der Waals surface area contributed by atoms with Crippen molar-refractivity contribution in [2.75, 3.05) is 33.7 Å². The van der Waals surface area contributed by atoms with E-state index < -0.39 is 6.09 Å². The molecule has 2 N–H and O–H groups in total. The third-order valence-electron chi connectivity index (χ3n) is 6.26. The second kappa shape index (κ2) is 12.9. The molecule has 1 aromatic rings. The SMILES string of the molecule is CN=CN(C[C@H]1CN(C2=CC(F)=C(C3=CC=C(CNCc4ccncc4)CC=C3)CC=C2)C(=O)O1)NC. The van der Waals surface area contributed by atoms with Crippen molar-refractivity contribution in [2.45, 2.75) is 25.5 Å². The highest BCUT2D eigenvalue weighted by Gasteiger charge is 2.34. The Morgan fingerprint density at radius 2 is 2.03 bits per heavy atom. The van der Waals surface area contributed by atoms with Crippen LogP contribution in [0.15, 0.2) is 100 Å². The Labute approximate surface area is 217 Å². The Kier molecular flexibility index (Phi) is 9.18. The Hall–Kier alpha value is -3.82. The second-order valence-corrected chi connectivity index (χ2v) is 8.88. The summed E-state index contributed by atoms with van der Waals surface area (Å²) >= 11 is 0. The van der Waals surface area contributed by atoms with E-state index in [0.29, 0.717) is 30.8 Å². The first-order valence-corrected chi connectivity index (χ1v) is 12.3. The molecule has 0 spiro atoms. The molecule has 1 fully saturated rings. The maximum Gasteiger partial charge on any atom is 0.414 e. The quantitative estimate of drug-likeness (QED) is 0.285. The number of ether oxygens (including phenoxy) is 1. The molecule has 8 nitrogen and oxygen atoms in total. The summed E-state index contributed by atoms with van der Waals surface area (Å²) in [4.78, 5) is 22.0. The lowest BCUT2D eigenvalue weighted by Gasteiger charge is -2.20. The van der Waals surface area contributed by atoms with Crippen LogP contribution in [-0.2, 0) is 11.3 Å². The molecule has 2 heterocycles. The molecule has 1 amide bonds. The van der Waals surface area contributed by atoms with Crippen LogP contribution in [0.2, 0.25) is 0 Å². The van der Waals surface area contributed by atoms with Gasteiger partial charge in [-0.2, -0.15) is 0 Å². The van der Waals surface area contributed by atoms with Crippen LogP contribution in [0.5, 0.6) is 0 Å². The number of hydrazine groups is 1. The summed E-state index contributed by atoms with van der Waals surface area (Å²) in [5.74, 6) is -0.352. The lowest BCUT2D eigenvalue weighted by Crippen LogP contribution is -2.41. The summed E-state index contributed by atoms with van der Waals surface area (Å²) in [7, 11) is 3.43. The van der Waals surface area contributed by atoms with Crippen LogP contribution in [0.3, 0.4) is 0 Å². The lowest BCUT2D eigenvalue weighted by molar-refractivity contribution is 0.117. The number of nitrogens with zero attached hydrogens (tertiary/aromatic N) is 4. The smallest absolute Gasteiger partial charge is 0.414 e. The molecule has 0 bridgehead atoms. The van der Waals surface area contributed by atoms with E-state index in [1.165, 1.54) is 22.1 Å². The van der Waals surface area contributed by atoms with Gasteiger partial charge in [0.25, 0.3) is 0 Å². The number of rotatable bonds is 10. The molecule has 0 radical (unpaired) electrons. The minimum absolute atomic E-state index is 0.328. The van der Waals surface area contributed by atoms with Gasteiger partial charge < -0.3 is 10.1 Å². The number of aromatic nitrogens is 1. The minimum atomic E-state index is -0.484. The monoisotopic (exact) mass is 504 g/mol. The molecule has 2 aliphatic carbocycles. The van der Waals surface area contributed by atoms with E-state index in [2.05, 4.69) is 32.9 Å². The van der Waals surface area contributed by atoms with E-state index in [1.807, 2.05) is 30.4 Å². The van der Waals surface area contributed by atoms with Crippen molar-refractivity contribution in [3.63, 3.8) is 0 Å². The van der Waals surface area contributed by atoms with E-state index in [4.69, 9.17) is 4.74 Å². The number of pyridine rings is 1. The molecule has 0 aromatic carbocycles. The van der Waals surface area contributed by atoms with Crippen molar-refractivity contribution >= 4 is 12.4 Å². The Morgan fingerprint density at radius 1 is 1.22 bits per heavy atom. The highest BCUT2D eigenvalue weighted by Crippen LogP contribution is 2.30. The highest BCUT2D eigenvalue weighted by molar-refractivity contribution is 5.73. The summed E-state index contributed by atoms with van der Waals surface area (Å²) in [6.45, 7) is 2.27. The fourth-order valence-corrected chi connectivity index (χ4v) is 4.33. The van der Waals surface area contributed by atoms with Gasteiger partial charge in [-0.05, 0) is 53.8 Å². The van der Waals surface area contributed by atoms with Gasteiger partial charge in [-0.15, -0.1) is 0 Å². The molecular formula is C28H33FN6O2. The maximum absolute atomic E-state index is 15.4. The first-order valence-electron chi connectivity index (χ1n) is 12.3. The van der Waals surface area contributed by atoms with Gasteiger partial charge in [0, 0.05) is 45.3 Å². The summed E-state index contributed by atoms with van der Waals surface area (Å²) in [6.07, 6.45) is 18.7. The molecule has 0 unspecified atom stereocenters. The third-order valence-corrected chi connectivity index (χ3v) is 6.26. The molecule has 1 aromatic heterocycles. The average molecular weight is 505 g/mol. The van der Waals surface area contributed by atoms with Gasteiger partial charge in [0.2, 0.25) is 0 Å². The fraction of sp³-hybridized carbons (Fsp3) is 0.321. The first kappa shape index (κ1) is 26.2. The second-order valence-electron chi connectivity index (χ2n) is 8.88. The van der Waals surface area contributed by atoms with E-state index >= 15 is 4.39 Å². The zero-order chi connectivity index (χ0) is 26.0. The summed E-state index contributed by atoms with van der Waals surface area (Å²) in [5.41, 5.74) is 7.28. The molecule has 4 rings (SSSR count). The molecule has 0 saturated carbocycles. The highest BCUT2D eigenvalue weighted by atomic mass is 19.1. The Bertz CT molecular complexity index is 1180. The van der Waals surface area contributed by atoms with Crippen LogP contribution in [0, 0.1) is 0 Å². The number of halogens is 1. The number of hydrogen-bond donors (Lipinski definition) is 2. The topological polar surface area (TPSA) is 82.1 Å². The van der Waals surface area contributed by atoms with Gasteiger partial charge in [0.05, 0.1) is 19.4 Å². The number of cyclic esters (lactones) is 1. The summed E-state index contributed by atoms with van der Waals surface area (Å²) in [6, 6.07) is 3.98. The predicted octanol–water partition coefficient (Wildman–Crippen LogP) is 3.97. The van der Waals surface area contributed by atoms with Crippen molar-refractivity contribution in [3.8, 4) is 0 Å². The van der Waals surface area contributed by atoms with Crippen LogP contribution in [0.4, 0.5) is 9.18 Å². The number of carbonyl (C=O) groups excluding carboxylic acids is 1. The van der Waals surface area contributed by atoms with Crippen LogP contribution in [-0.4, -0.2) is 67.2 Å². The maximum atomic E-state index is 15.4. The van der Waals surface area contributed by atoms with Crippen molar-refractivity contribution < 1.29 is 13.9 Å². The van der Waals surface area contributed by atoms with Crippen LogP contribution in [0.1, 0.15) is 18.4 Å². The van der Waals surface area contributed by atoms with Crippen LogP contribution in [0.25, 0.3) is 0 Å². The lowest BCUT2D eigenvalue weighted by atomic mass is 10.0. The molecule has 3 aliphatic rings. The van der Waals surface area contributed by atoms with Crippen LogP contribution >= 0.6 is 0 Å². The number of aliphatic imine (C=N–C) groups is 1. The molecule has 9 heteroatoms. The van der Waals surface area contributed by atoms with Crippen molar-refractivity contribution in [1.29, 1.82) is 0 Å². The van der Waals surface area contributed by atoms with Crippen LogP contribution < -0.4 is 10.7 Å². The van der Waals surface area contributed by atoms with E-state index in [-0.39, 0.29) is 11.9 Å². The van der Waals surface area contributed by atoms with E-state index in [0.717, 1.165) is 25.1 Å². The largest absolute Gasteiger partial charge is 0.442 e.